The van der Waals surface area contributed by atoms with Crippen molar-refractivity contribution in [3.8, 4) is 0 Å². The molecule has 2 aromatic rings. The first kappa shape index (κ1) is 17.4. The third-order valence-corrected chi connectivity index (χ3v) is 6.48. The van der Waals surface area contributed by atoms with Gasteiger partial charge in [-0.05, 0) is 42.9 Å². The predicted molar refractivity (Wildman–Crippen MR) is 102 cm³/mol. The number of carbonyl (C=O) groups excluding carboxylic acids is 1. The maximum absolute atomic E-state index is 12.7. The fourth-order valence-electron chi connectivity index (χ4n) is 2.91. The fraction of sp³-hybridized carbons (Fsp3) is 0.500. The average molecular weight is 362 g/mol. The Morgan fingerprint density at radius 3 is 2.71 bits per heavy atom. The topological polar surface area (TPSA) is 46.1 Å². The van der Waals surface area contributed by atoms with Gasteiger partial charge in [-0.1, -0.05) is 49.1 Å². The second-order valence-corrected chi connectivity index (χ2v) is 8.13. The van der Waals surface area contributed by atoms with Crippen LogP contribution in [0.1, 0.15) is 48.2 Å². The van der Waals surface area contributed by atoms with Crippen molar-refractivity contribution >= 4 is 34.0 Å². The van der Waals surface area contributed by atoms with Crippen LogP contribution >= 0.6 is 23.1 Å². The van der Waals surface area contributed by atoms with E-state index in [2.05, 4.69) is 47.1 Å². The molecule has 1 fully saturated rings. The highest BCUT2D eigenvalue weighted by Gasteiger charge is 2.18. The van der Waals surface area contributed by atoms with Gasteiger partial charge in [-0.2, -0.15) is 0 Å². The summed E-state index contributed by atoms with van der Waals surface area (Å²) in [6, 6.07) is 6.26. The molecule has 1 saturated heterocycles. The minimum atomic E-state index is 0.185. The van der Waals surface area contributed by atoms with Gasteiger partial charge >= 0.3 is 0 Å². The van der Waals surface area contributed by atoms with E-state index in [0.29, 0.717) is 5.75 Å². The third-order valence-electron chi connectivity index (χ3n) is 4.36. The molecule has 2 heterocycles. The number of aryl methyl sites for hydroxylation is 2. The molecule has 0 saturated carbocycles. The van der Waals surface area contributed by atoms with Crippen molar-refractivity contribution in [1.82, 2.24) is 10.2 Å². The van der Waals surface area contributed by atoms with Crippen molar-refractivity contribution in [3.63, 3.8) is 0 Å². The molecule has 24 heavy (non-hydrogen) atoms. The first-order chi connectivity index (χ1) is 11.7. The molecule has 0 bridgehead atoms. The number of carbonyl (C=O) groups is 1. The van der Waals surface area contributed by atoms with Gasteiger partial charge in [0, 0.05) is 18.7 Å². The second kappa shape index (κ2) is 8.12. The largest absolute Gasteiger partial charge is 0.347 e. The molecule has 3 rings (SSSR count). The normalized spacial score (nSPS) is 14.3. The molecule has 0 unspecified atom stereocenters. The summed E-state index contributed by atoms with van der Waals surface area (Å²) in [4.78, 5) is 14.9. The van der Waals surface area contributed by atoms with Crippen molar-refractivity contribution in [2.75, 3.05) is 23.7 Å². The number of Topliss-reactive ketones (excluding diaryl/α,β-unsaturated/α-hetero) is 1. The van der Waals surface area contributed by atoms with Crippen LogP contribution in [0.15, 0.2) is 22.5 Å². The standard InChI is InChI=1S/C18H23N3OS2/c1-3-13-7-8-14(4-2)15(11-13)16(22)12-23-18-20-19-17(24-18)21-9-5-6-10-21/h7-8,11H,3-6,9-10,12H2,1-2H3. The number of anilines is 1. The van der Waals surface area contributed by atoms with Crippen LogP contribution < -0.4 is 4.90 Å². The summed E-state index contributed by atoms with van der Waals surface area (Å²) in [6.07, 6.45) is 4.29. The van der Waals surface area contributed by atoms with E-state index >= 15 is 0 Å². The van der Waals surface area contributed by atoms with E-state index in [9.17, 15) is 4.79 Å². The van der Waals surface area contributed by atoms with Crippen LogP contribution in [0.4, 0.5) is 5.13 Å². The fourth-order valence-corrected chi connectivity index (χ4v) is 4.69. The van der Waals surface area contributed by atoms with Crippen molar-refractivity contribution in [1.29, 1.82) is 0 Å². The van der Waals surface area contributed by atoms with Crippen LogP contribution in [-0.2, 0) is 12.8 Å². The Morgan fingerprint density at radius 2 is 2.00 bits per heavy atom. The lowest BCUT2D eigenvalue weighted by Gasteiger charge is -2.11. The number of thioether (sulfide) groups is 1. The smallest absolute Gasteiger partial charge is 0.209 e. The van der Waals surface area contributed by atoms with Gasteiger partial charge in [0.25, 0.3) is 0 Å². The Hall–Kier alpha value is -1.40. The van der Waals surface area contributed by atoms with E-state index in [0.717, 1.165) is 46.5 Å². The third kappa shape index (κ3) is 3.98. The maximum Gasteiger partial charge on any atom is 0.209 e. The molecule has 0 radical (unpaired) electrons. The number of rotatable bonds is 7. The molecular weight excluding hydrogens is 338 g/mol. The van der Waals surface area contributed by atoms with Crippen LogP contribution in [-0.4, -0.2) is 34.8 Å². The van der Waals surface area contributed by atoms with Crippen LogP contribution in [0.25, 0.3) is 0 Å². The maximum atomic E-state index is 12.7. The van der Waals surface area contributed by atoms with Crippen LogP contribution in [0.3, 0.4) is 0 Å². The van der Waals surface area contributed by atoms with Crippen LogP contribution in [0.5, 0.6) is 0 Å². The zero-order valence-electron chi connectivity index (χ0n) is 14.2. The predicted octanol–water partition coefficient (Wildman–Crippen LogP) is 4.24. The summed E-state index contributed by atoms with van der Waals surface area (Å²) >= 11 is 3.10. The molecule has 4 nitrogen and oxygen atoms in total. The molecule has 1 aromatic carbocycles. The Bertz CT molecular complexity index is 708. The van der Waals surface area contributed by atoms with Gasteiger partial charge in [-0.3, -0.25) is 4.79 Å². The zero-order valence-corrected chi connectivity index (χ0v) is 15.9. The number of hydrogen-bond acceptors (Lipinski definition) is 6. The van der Waals surface area contributed by atoms with Crippen LogP contribution in [0.2, 0.25) is 0 Å². The molecule has 6 heteroatoms. The van der Waals surface area contributed by atoms with E-state index in [4.69, 9.17) is 0 Å². The highest BCUT2D eigenvalue weighted by Crippen LogP contribution is 2.30. The van der Waals surface area contributed by atoms with Crippen molar-refractivity contribution in [2.45, 2.75) is 43.9 Å². The van der Waals surface area contributed by atoms with Gasteiger partial charge in [0.05, 0.1) is 5.75 Å². The van der Waals surface area contributed by atoms with Crippen LogP contribution in [0, 0.1) is 0 Å². The van der Waals surface area contributed by atoms with Gasteiger partial charge in [0.2, 0.25) is 5.13 Å². The molecule has 0 aliphatic carbocycles. The highest BCUT2D eigenvalue weighted by atomic mass is 32.2. The monoisotopic (exact) mass is 361 g/mol. The number of hydrogen-bond donors (Lipinski definition) is 0. The lowest BCUT2D eigenvalue weighted by atomic mass is 9.98. The molecule has 128 valence electrons. The quantitative estimate of drug-likeness (QED) is 0.545. The van der Waals surface area contributed by atoms with E-state index in [-0.39, 0.29) is 5.78 Å². The Morgan fingerprint density at radius 1 is 1.21 bits per heavy atom. The van der Waals surface area contributed by atoms with Gasteiger partial charge < -0.3 is 4.90 Å². The molecule has 1 aliphatic heterocycles. The lowest BCUT2D eigenvalue weighted by Crippen LogP contribution is -2.17. The van der Waals surface area contributed by atoms with Gasteiger partial charge in [0.1, 0.15) is 0 Å². The summed E-state index contributed by atoms with van der Waals surface area (Å²) in [5.41, 5.74) is 3.22. The summed E-state index contributed by atoms with van der Waals surface area (Å²) in [7, 11) is 0. The second-order valence-electron chi connectivity index (χ2n) is 5.96. The summed E-state index contributed by atoms with van der Waals surface area (Å²) in [5, 5.41) is 9.50. The summed E-state index contributed by atoms with van der Waals surface area (Å²) < 4.78 is 0.884. The van der Waals surface area contributed by atoms with E-state index in [1.165, 1.54) is 30.2 Å². The van der Waals surface area contributed by atoms with Gasteiger partial charge in [-0.15, -0.1) is 10.2 Å². The SMILES string of the molecule is CCc1ccc(CC)c(C(=O)CSc2nnc(N3CCCC3)s2)c1. The Kier molecular flexibility index (Phi) is 5.89. The average Bonchev–Trinajstić information content (AvgIpc) is 3.30. The zero-order chi connectivity index (χ0) is 16.9. The van der Waals surface area contributed by atoms with Gasteiger partial charge in [-0.25, -0.2) is 0 Å². The van der Waals surface area contributed by atoms with E-state index < -0.39 is 0 Å². The minimum Gasteiger partial charge on any atom is -0.347 e. The molecule has 0 amide bonds. The molecule has 0 spiro atoms. The molecule has 0 N–H and O–H groups in total. The number of benzene rings is 1. The Labute approximate surface area is 151 Å². The first-order valence-corrected chi connectivity index (χ1v) is 10.4. The summed E-state index contributed by atoms with van der Waals surface area (Å²) in [6.45, 7) is 6.35. The molecule has 0 atom stereocenters. The number of nitrogens with zero attached hydrogens (tertiary/aromatic N) is 3. The van der Waals surface area contributed by atoms with Crippen molar-refractivity contribution < 1.29 is 4.79 Å². The van der Waals surface area contributed by atoms with E-state index in [1.54, 1.807) is 11.3 Å². The van der Waals surface area contributed by atoms with Crippen molar-refractivity contribution in [2.24, 2.45) is 0 Å². The highest BCUT2D eigenvalue weighted by molar-refractivity contribution is 8.01. The number of ketones is 1. The van der Waals surface area contributed by atoms with Crippen molar-refractivity contribution in [3.05, 3.63) is 34.9 Å². The molecule has 1 aliphatic rings. The lowest BCUT2D eigenvalue weighted by molar-refractivity contribution is 0.102. The molecular formula is C18H23N3OS2. The minimum absolute atomic E-state index is 0.185. The number of aromatic nitrogens is 2. The van der Waals surface area contributed by atoms with Gasteiger partial charge in [0.15, 0.2) is 10.1 Å². The first-order valence-electron chi connectivity index (χ1n) is 8.57. The summed E-state index contributed by atoms with van der Waals surface area (Å²) in [5.74, 6) is 0.611. The Balaban J connectivity index is 1.65. The molecule has 1 aromatic heterocycles. The van der Waals surface area contributed by atoms with E-state index in [1.807, 2.05) is 0 Å².